The van der Waals surface area contributed by atoms with E-state index in [0.29, 0.717) is 5.65 Å². The summed E-state index contributed by atoms with van der Waals surface area (Å²) in [6, 6.07) is 5.13. The molecular weight excluding hydrogens is 284 g/mol. The van der Waals surface area contributed by atoms with Crippen molar-refractivity contribution in [1.29, 1.82) is 0 Å². The lowest BCUT2D eigenvalue weighted by atomic mass is 10.4. The van der Waals surface area contributed by atoms with E-state index >= 15 is 0 Å². The molecule has 108 valence electrons. The fourth-order valence-corrected chi connectivity index (χ4v) is 2.35. The minimum absolute atomic E-state index is 0.0104. The maximum absolute atomic E-state index is 11.3. The Morgan fingerprint density at radius 3 is 2.85 bits per heavy atom. The number of nitrogens with one attached hydrogen (secondary N) is 1. The molecule has 0 aliphatic carbocycles. The SMILES string of the molecule is NS(=O)(=O)CCCNc1nc2ccccn2c1C(=O)O. The molecule has 0 amide bonds. The highest BCUT2D eigenvalue weighted by molar-refractivity contribution is 7.89. The van der Waals surface area contributed by atoms with E-state index in [4.69, 9.17) is 5.14 Å². The van der Waals surface area contributed by atoms with Crippen LogP contribution in [0.2, 0.25) is 0 Å². The minimum atomic E-state index is -3.51. The van der Waals surface area contributed by atoms with Crippen molar-refractivity contribution in [2.45, 2.75) is 6.42 Å². The molecule has 0 spiro atoms. The molecule has 2 rings (SSSR count). The van der Waals surface area contributed by atoms with Gasteiger partial charge in [-0.05, 0) is 18.6 Å². The molecule has 20 heavy (non-hydrogen) atoms. The van der Waals surface area contributed by atoms with Crippen LogP contribution in [-0.4, -0.2) is 41.2 Å². The summed E-state index contributed by atoms with van der Waals surface area (Å²) in [6.07, 6.45) is 1.87. The van der Waals surface area contributed by atoms with E-state index < -0.39 is 16.0 Å². The number of imidazole rings is 1. The van der Waals surface area contributed by atoms with E-state index in [-0.39, 0.29) is 30.2 Å². The number of fused-ring (bicyclic) bond motifs is 1. The number of carboxylic acids is 1. The highest BCUT2D eigenvalue weighted by atomic mass is 32.2. The number of hydrogen-bond donors (Lipinski definition) is 3. The van der Waals surface area contributed by atoms with Crippen molar-refractivity contribution in [2.75, 3.05) is 17.6 Å². The molecule has 4 N–H and O–H groups in total. The van der Waals surface area contributed by atoms with Crippen LogP contribution in [0, 0.1) is 0 Å². The molecule has 0 unspecified atom stereocenters. The Morgan fingerprint density at radius 2 is 2.20 bits per heavy atom. The van der Waals surface area contributed by atoms with Gasteiger partial charge in [0.25, 0.3) is 0 Å². The Morgan fingerprint density at radius 1 is 1.45 bits per heavy atom. The molecule has 8 nitrogen and oxygen atoms in total. The van der Waals surface area contributed by atoms with Gasteiger partial charge in [0.2, 0.25) is 10.0 Å². The number of aromatic nitrogens is 2. The second-order valence-electron chi connectivity index (χ2n) is 4.19. The smallest absolute Gasteiger partial charge is 0.356 e. The first kappa shape index (κ1) is 14.3. The third-order valence-corrected chi connectivity index (χ3v) is 3.49. The summed E-state index contributed by atoms with van der Waals surface area (Å²) in [6.45, 7) is 0.264. The lowest BCUT2D eigenvalue weighted by Gasteiger charge is -2.03. The van der Waals surface area contributed by atoms with Gasteiger partial charge in [0.1, 0.15) is 5.65 Å². The second-order valence-corrected chi connectivity index (χ2v) is 5.92. The predicted octanol–water partition coefficient (Wildman–Crippen LogP) is 0.123. The molecular formula is C11H14N4O4S. The van der Waals surface area contributed by atoms with Gasteiger partial charge in [-0.15, -0.1) is 0 Å². The molecule has 2 aromatic heterocycles. The minimum Gasteiger partial charge on any atom is -0.476 e. The van der Waals surface area contributed by atoms with E-state index in [0.717, 1.165) is 0 Å². The lowest BCUT2D eigenvalue weighted by molar-refractivity contribution is 0.0690. The summed E-state index contributed by atoms with van der Waals surface area (Å²) in [4.78, 5) is 15.4. The van der Waals surface area contributed by atoms with Crippen LogP contribution in [0.5, 0.6) is 0 Å². The van der Waals surface area contributed by atoms with Gasteiger partial charge >= 0.3 is 5.97 Å². The number of sulfonamides is 1. The van der Waals surface area contributed by atoms with Gasteiger partial charge in [-0.3, -0.25) is 4.40 Å². The number of carbonyl (C=O) groups is 1. The molecule has 0 saturated carbocycles. The highest BCUT2D eigenvalue weighted by Crippen LogP contribution is 2.17. The molecule has 2 aromatic rings. The molecule has 0 aliphatic rings. The van der Waals surface area contributed by atoms with Gasteiger partial charge < -0.3 is 10.4 Å². The number of primary sulfonamides is 1. The summed E-state index contributed by atoms with van der Waals surface area (Å²) >= 11 is 0. The molecule has 0 radical (unpaired) electrons. The number of rotatable bonds is 6. The topological polar surface area (TPSA) is 127 Å². The molecule has 9 heteroatoms. The molecule has 0 aliphatic heterocycles. The Hall–Kier alpha value is -2.13. The van der Waals surface area contributed by atoms with Crippen molar-refractivity contribution in [3.63, 3.8) is 0 Å². The van der Waals surface area contributed by atoms with Gasteiger partial charge in [0.05, 0.1) is 5.75 Å². The Labute approximate surface area is 115 Å². The summed E-state index contributed by atoms with van der Waals surface area (Å²) in [5.41, 5.74) is 0.509. The molecule has 0 aromatic carbocycles. The van der Waals surface area contributed by atoms with Crippen molar-refractivity contribution in [3.05, 3.63) is 30.1 Å². The van der Waals surface area contributed by atoms with Gasteiger partial charge in [-0.1, -0.05) is 6.07 Å². The third-order valence-electron chi connectivity index (χ3n) is 2.63. The van der Waals surface area contributed by atoms with Crippen LogP contribution in [0.15, 0.2) is 24.4 Å². The summed E-state index contributed by atoms with van der Waals surface area (Å²) in [7, 11) is -3.51. The average Bonchev–Trinajstić information content (AvgIpc) is 2.71. The van der Waals surface area contributed by atoms with Crippen LogP contribution in [0.1, 0.15) is 16.9 Å². The van der Waals surface area contributed by atoms with E-state index in [1.165, 1.54) is 4.40 Å². The molecule has 0 atom stereocenters. The predicted molar refractivity (Wildman–Crippen MR) is 73.2 cm³/mol. The lowest BCUT2D eigenvalue weighted by Crippen LogP contribution is -2.19. The number of pyridine rings is 1. The molecule has 0 saturated heterocycles. The van der Waals surface area contributed by atoms with Crippen LogP contribution in [0.3, 0.4) is 0 Å². The normalized spacial score (nSPS) is 11.7. The quantitative estimate of drug-likeness (QED) is 0.650. The summed E-state index contributed by atoms with van der Waals surface area (Å²) < 4.78 is 23.0. The van der Waals surface area contributed by atoms with Gasteiger partial charge in [-0.2, -0.15) is 0 Å². The monoisotopic (exact) mass is 298 g/mol. The average molecular weight is 298 g/mol. The number of anilines is 1. The van der Waals surface area contributed by atoms with Gasteiger partial charge in [0, 0.05) is 12.7 Å². The Balaban J connectivity index is 2.17. The van der Waals surface area contributed by atoms with E-state index in [2.05, 4.69) is 10.3 Å². The van der Waals surface area contributed by atoms with Gasteiger partial charge in [-0.25, -0.2) is 23.3 Å². The Kier molecular flexibility index (Phi) is 3.91. The largest absolute Gasteiger partial charge is 0.476 e. The molecule has 0 fully saturated rings. The van der Waals surface area contributed by atoms with Crippen LogP contribution < -0.4 is 10.5 Å². The zero-order valence-electron chi connectivity index (χ0n) is 10.5. The van der Waals surface area contributed by atoms with Crippen LogP contribution in [0.25, 0.3) is 5.65 Å². The van der Waals surface area contributed by atoms with Crippen LogP contribution >= 0.6 is 0 Å². The van der Waals surface area contributed by atoms with Crippen molar-refractivity contribution in [3.8, 4) is 0 Å². The molecule has 2 heterocycles. The van der Waals surface area contributed by atoms with Crippen LogP contribution in [0.4, 0.5) is 5.82 Å². The number of aromatic carboxylic acids is 1. The zero-order chi connectivity index (χ0) is 14.8. The standard InChI is InChI=1S/C11H14N4O4S/c12-20(18,19)7-3-5-13-10-9(11(16)17)15-6-2-1-4-8(15)14-10/h1-2,4,6,13H,3,5,7H2,(H,16,17)(H2,12,18,19). The number of nitrogens with zero attached hydrogens (tertiary/aromatic N) is 2. The number of nitrogens with two attached hydrogens (primary N) is 1. The second kappa shape index (κ2) is 5.47. The highest BCUT2D eigenvalue weighted by Gasteiger charge is 2.17. The van der Waals surface area contributed by atoms with Crippen molar-refractivity contribution >= 4 is 27.5 Å². The van der Waals surface area contributed by atoms with E-state index in [1.54, 1.807) is 24.4 Å². The van der Waals surface area contributed by atoms with E-state index in [1.807, 2.05) is 0 Å². The fraction of sp³-hybridized carbons (Fsp3) is 0.273. The van der Waals surface area contributed by atoms with Crippen molar-refractivity contribution < 1.29 is 18.3 Å². The number of carboxylic acid groups (broad SMARTS) is 1. The number of hydrogen-bond acceptors (Lipinski definition) is 5. The summed E-state index contributed by atoms with van der Waals surface area (Å²) in [5.74, 6) is -1.08. The van der Waals surface area contributed by atoms with Crippen molar-refractivity contribution in [1.82, 2.24) is 9.38 Å². The van der Waals surface area contributed by atoms with Crippen molar-refractivity contribution in [2.24, 2.45) is 5.14 Å². The van der Waals surface area contributed by atoms with Gasteiger partial charge in [0.15, 0.2) is 11.5 Å². The first-order valence-corrected chi connectivity index (χ1v) is 7.55. The Bertz CT molecular complexity index is 738. The first-order chi connectivity index (χ1) is 9.38. The maximum atomic E-state index is 11.3. The fourth-order valence-electron chi connectivity index (χ4n) is 1.80. The zero-order valence-corrected chi connectivity index (χ0v) is 11.3. The third kappa shape index (κ3) is 3.25. The van der Waals surface area contributed by atoms with E-state index in [9.17, 15) is 18.3 Å². The first-order valence-electron chi connectivity index (χ1n) is 5.83. The van der Waals surface area contributed by atoms with Crippen LogP contribution in [-0.2, 0) is 10.0 Å². The maximum Gasteiger partial charge on any atom is 0.356 e. The molecule has 0 bridgehead atoms. The summed E-state index contributed by atoms with van der Waals surface area (Å²) in [5, 5.41) is 16.9.